The minimum atomic E-state index is 0.422. The molecule has 3 heteroatoms. The fraction of sp³-hybridized carbons (Fsp3) is 0.625. The molecule has 2 unspecified atom stereocenters. The van der Waals surface area contributed by atoms with Gasteiger partial charge in [0.1, 0.15) is 0 Å². The van der Waals surface area contributed by atoms with Crippen LogP contribution in [-0.2, 0) is 0 Å². The minimum Gasteiger partial charge on any atom is -0.309 e. The van der Waals surface area contributed by atoms with Crippen LogP contribution in [0.3, 0.4) is 0 Å². The Labute approximate surface area is 122 Å². The Balaban J connectivity index is 1.80. The topological polar surface area (TPSA) is 15.3 Å². The Morgan fingerprint density at radius 2 is 1.89 bits per heavy atom. The van der Waals surface area contributed by atoms with Gasteiger partial charge in [0.05, 0.1) is 0 Å². The molecular weight excluding hydrogens is 252 g/mol. The first-order valence-electron chi connectivity index (χ1n) is 7.21. The lowest BCUT2D eigenvalue weighted by atomic mass is 10.1. The van der Waals surface area contributed by atoms with Crippen molar-refractivity contribution in [3.8, 4) is 0 Å². The van der Waals surface area contributed by atoms with Gasteiger partial charge in [0, 0.05) is 29.6 Å². The van der Waals surface area contributed by atoms with Crippen LogP contribution in [0.25, 0.3) is 0 Å². The van der Waals surface area contributed by atoms with E-state index < -0.39 is 0 Å². The summed E-state index contributed by atoms with van der Waals surface area (Å²) in [6.07, 6.45) is 4.88. The van der Waals surface area contributed by atoms with E-state index in [1.807, 2.05) is 0 Å². The van der Waals surface area contributed by atoms with Gasteiger partial charge in [0.2, 0.25) is 0 Å². The third-order valence-electron chi connectivity index (χ3n) is 4.15. The van der Waals surface area contributed by atoms with Gasteiger partial charge in [0.15, 0.2) is 0 Å². The van der Waals surface area contributed by atoms with E-state index in [1.54, 1.807) is 11.8 Å². The van der Waals surface area contributed by atoms with Crippen LogP contribution in [0, 0.1) is 0 Å². The van der Waals surface area contributed by atoms with Gasteiger partial charge in [-0.2, -0.15) is 0 Å². The smallest absolute Gasteiger partial charge is 0.0292 e. The van der Waals surface area contributed by atoms with Crippen LogP contribution in [0.15, 0.2) is 29.2 Å². The van der Waals surface area contributed by atoms with Crippen LogP contribution >= 0.6 is 11.8 Å². The SMILES string of the molecule is CSc1ccc(C(C)NCC(C)N(C)C2CC2)cc1. The van der Waals surface area contributed by atoms with Crippen molar-refractivity contribution in [1.82, 2.24) is 10.2 Å². The average Bonchev–Trinajstić information content (AvgIpc) is 3.28. The van der Waals surface area contributed by atoms with Crippen LogP contribution in [0.2, 0.25) is 0 Å². The number of nitrogens with zero attached hydrogens (tertiary/aromatic N) is 1. The molecule has 0 aromatic heterocycles. The zero-order chi connectivity index (χ0) is 13.8. The van der Waals surface area contributed by atoms with Crippen LogP contribution in [-0.4, -0.2) is 36.8 Å². The molecule has 0 spiro atoms. The monoisotopic (exact) mass is 278 g/mol. The van der Waals surface area contributed by atoms with E-state index >= 15 is 0 Å². The number of hydrogen-bond acceptors (Lipinski definition) is 3. The molecule has 0 amide bonds. The fourth-order valence-electron chi connectivity index (χ4n) is 2.34. The predicted octanol–water partition coefficient (Wildman–Crippen LogP) is 3.54. The van der Waals surface area contributed by atoms with E-state index in [0.29, 0.717) is 12.1 Å². The van der Waals surface area contributed by atoms with Gasteiger partial charge in [-0.1, -0.05) is 12.1 Å². The molecule has 0 saturated heterocycles. The Morgan fingerprint density at radius 3 is 2.42 bits per heavy atom. The highest BCUT2D eigenvalue weighted by atomic mass is 32.2. The molecule has 19 heavy (non-hydrogen) atoms. The maximum atomic E-state index is 3.65. The van der Waals surface area contributed by atoms with Crippen LogP contribution in [0.4, 0.5) is 0 Å². The van der Waals surface area contributed by atoms with E-state index in [4.69, 9.17) is 0 Å². The molecule has 0 aliphatic heterocycles. The Bertz CT molecular complexity index is 386. The number of nitrogens with one attached hydrogen (secondary N) is 1. The van der Waals surface area contributed by atoms with Gasteiger partial charge in [-0.25, -0.2) is 0 Å². The maximum Gasteiger partial charge on any atom is 0.0292 e. The maximum absolute atomic E-state index is 3.65. The molecule has 1 saturated carbocycles. The molecule has 1 aliphatic carbocycles. The third kappa shape index (κ3) is 4.23. The Morgan fingerprint density at radius 1 is 1.26 bits per heavy atom. The normalized spacial score (nSPS) is 18.6. The Hall–Kier alpha value is -0.510. The Kier molecular flexibility index (Phi) is 5.31. The quantitative estimate of drug-likeness (QED) is 0.768. The van der Waals surface area contributed by atoms with Crippen molar-refractivity contribution in [2.24, 2.45) is 0 Å². The van der Waals surface area contributed by atoms with Crippen LogP contribution < -0.4 is 5.32 Å². The third-order valence-corrected chi connectivity index (χ3v) is 4.90. The lowest BCUT2D eigenvalue weighted by Gasteiger charge is -2.26. The van der Waals surface area contributed by atoms with Crippen molar-refractivity contribution in [2.75, 3.05) is 19.8 Å². The van der Waals surface area contributed by atoms with Gasteiger partial charge in [0.25, 0.3) is 0 Å². The number of benzene rings is 1. The summed E-state index contributed by atoms with van der Waals surface area (Å²) in [5, 5.41) is 3.65. The summed E-state index contributed by atoms with van der Waals surface area (Å²) in [7, 11) is 2.25. The highest BCUT2D eigenvalue weighted by Gasteiger charge is 2.28. The molecule has 2 atom stereocenters. The van der Waals surface area contributed by atoms with E-state index in [9.17, 15) is 0 Å². The van der Waals surface area contributed by atoms with Crippen LogP contribution in [0.5, 0.6) is 0 Å². The van der Waals surface area contributed by atoms with Gasteiger partial charge < -0.3 is 5.32 Å². The zero-order valence-corrected chi connectivity index (χ0v) is 13.3. The number of likely N-dealkylation sites (N-methyl/N-ethyl adjacent to an activating group) is 1. The van der Waals surface area contributed by atoms with Gasteiger partial charge in [-0.3, -0.25) is 4.90 Å². The lowest BCUT2D eigenvalue weighted by Crippen LogP contribution is -2.39. The van der Waals surface area contributed by atoms with E-state index in [-0.39, 0.29) is 0 Å². The molecule has 1 aromatic rings. The summed E-state index contributed by atoms with van der Waals surface area (Å²) in [4.78, 5) is 3.84. The fourth-order valence-corrected chi connectivity index (χ4v) is 2.75. The molecule has 2 nitrogen and oxygen atoms in total. The molecule has 0 heterocycles. The van der Waals surface area contributed by atoms with Crippen molar-refractivity contribution >= 4 is 11.8 Å². The highest BCUT2D eigenvalue weighted by molar-refractivity contribution is 7.98. The summed E-state index contributed by atoms with van der Waals surface area (Å²) in [5.41, 5.74) is 1.37. The first-order valence-corrected chi connectivity index (χ1v) is 8.43. The lowest BCUT2D eigenvalue weighted by molar-refractivity contribution is 0.237. The molecule has 1 fully saturated rings. The molecule has 0 bridgehead atoms. The second-order valence-electron chi connectivity index (χ2n) is 5.65. The molecule has 1 aromatic carbocycles. The number of rotatable bonds is 7. The van der Waals surface area contributed by atoms with Gasteiger partial charge in [-0.05, 0) is 57.7 Å². The standard InChI is InChI=1S/C16H26N2S/c1-12(18(3)15-7-8-15)11-17-13(2)14-5-9-16(19-4)10-6-14/h5-6,9-10,12-13,15,17H,7-8,11H2,1-4H3. The van der Waals surface area contributed by atoms with Gasteiger partial charge >= 0.3 is 0 Å². The molecule has 0 radical (unpaired) electrons. The summed E-state index contributed by atoms with van der Waals surface area (Å²) in [6.45, 7) is 5.62. The van der Waals surface area contributed by atoms with Crippen molar-refractivity contribution in [2.45, 2.75) is 49.7 Å². The van der Waals surface area contributed by atoms with Crippen LogP contribution in [0.1, 0.15) is 38.3 Å². The summed E-state index contributed by atoms with van der Waals surface area (Å²) >= 11 is 1.79. The summed E-state index contributed by atoms with van der Waals surface area (Å²) in [6, 6.07) is 10.8. The van der Waals surface area contributed by atoms with E-state index in [0.717, 1.165) is 12.6 Å². The molecular formula is C16H26N2S. The van der Waals surface area contributed by atoms with Crippen molar-refractivity contribution in [3.05, 3.63) is 29.8 Å². The van der Waals surface area contributed by atoms with Crippen molar-refractivity contribution < 1.29 is 0 Å². The van der Waals surface area contributed by atoms with Gasteiger partial charge in [-0.15, -0.1) is 11.8 Å². The predicted molar refractivity (Wildman–Crippen MR) is 84.9 cm³/mol. The zero-order valence-electron chi connectivity index (χ0n) is 12.5. The summed E-state index contributed by atoms with van der Waals surface area (Å²) in [5.74, 6) is 0. The number of hydrogen-bond donors (Lipinski definition) is 1. The summed E-state index contributed by atoms with van der Waals surface area (Å²) < 4.78 is 0. The minimum absolute atomic E-state index is 0.422. The molecule has 106 valence electrons. The second-order valence-corrected chi connectivity index (χ2v) is 6.53. The highest BCUT2D eigenvalue weighted by Crippen LogP contribution is 2.27. The van der Waals surface area contributed by atoms with E-state index in [2.05, 4.69) is 61.6 Å². The first kappa shape index (κ1) is 14.9. The molecule has 1 N–H and O–H groups in total. The van der Waals surface area contributed by atoms with Crippen molar-refractivity contribution in [3.63, 3.8) is 0 Å². The molecule has 1 aliphatic rings. The van der Waals surface area contributed by atoms with Crippen molar-refractivity contribution in [1.29, 1.82) is 0 Å². The second kappa shape index (κ2) is 6.78. The first-order chi connectivity index (χ1) is 9.11. The number of thioether (sulfide) groups is 1. The molecule has 2 rings (SSSR count). The van der Waals surface area contributed by atoms with E-state index in [1.165, 1.54) is 23.3 Å². The average molecular weight is 278 g/mol. The largest absolute Gasteiger partial charge is 0.309 e.